The lowest BCUT2D eigenvalue weighted by Gasteiger charge is -2.15. The molecule has 0 fully saturated rings. The van der Waals surface area contributed by atoms with Gasteiger partial charge < -0.3 is 25.8 Å². The molecule has 0 atom stereocenters. The van der Waals surface area contributed by atoms with Crippen LogP contribution in [0.4, 0.5) is 20.3 Å². The van der Waals surface area contributed by atoms with Crippen LogP contribution in [-0.2, 0) is 13.1 Å². The fourth-order valence-corrected chi connectivity index (χ4v) is 4.29. The third-order valence-electron chi connectivity index (χ3n) is 6.54. The molecule has 0 radical (unpaired) electrons. The molecule has 1 amide bonds. The number of benzene rings is 3. The lowest BCUT2D eigenvalue weighted by Crippen LogP contribution is -2.27. The van der Waals surface area contributed by atoms with E-state index in [1.54, 1.807) is 13.2 Å². The highest BCUT2D eigenvalue weighted by atomic mass is 19.1. The quantitative estimate of drug-likeness (QED) is 0.200. The third kappa shape index (κ3) is 6.85. The molecule has 0 aliphatic carbocycles. The van der Waals surface area contributed by atoms with E-state index in [2.05, 4.69) is 15.6 Å². The topological polar surface area (TPSA) is 120 Å². The first kappa shape index (κ1) is 29.0. The zero-order valence-corrected chi connectivity index (χ0v) is 23.0. The third-order valence-corrected chi connectivity index (χ3v) is 6.54. The average Bonchev–Trinajstić information content (AvgIpc) is 3.00. The molecule has 218 valence electrons. The van der Waals surface area contributed by atoms with Crippen LogP contribution < -0.4 is 31.4 Å². The van der Waals surface area contributed by atoms with Crippen molar-refractivity contribution in [2.75, 3.05) is 18.2 Å². The minimum Gasteiger partial charge on any atom is -0.497 e. The van der Waals surface area contributed by atoms with E-state index in [4.69, 9.17) is 15.2 Å². The number of nitrogens with one attached hydrogen (secondary N) is 2. The zero-order valence-electron chi connectivity index (χ0n) is 23.0. The van der Waals surface area contributed by atoms with Gasteiger partial charge in [0.15, 0.2) is 11.6 Å². The van der Waals surface area contributed by atoms with Crippen LogP contribution in [0.3, 0.4) is 0 Å². The summed E-state index contributed by atoms with van der Waals surface area (Å²) < 4.78 is 40.6. The van der Waals surface area contributed by atoms with E-state index in [9.17, 15) is 14.0 Å². The number of nitrogens with two attached hydrogens (primary N) is 1. The Labute approximate surface area is 245 Å². The molecule has 11 heteroatoms. The summed E-state index contributed by atoms with van der Waals surface area (Å²) in [5.41, 5.74) is 7.39. The molecule has 9 nitrogen and oxygen atoms in total. The number of rotatable bonds is 10. The number of pyridine rings is 2. The summed E-state index contributed by atoms with van der Waals surface area (Å²) in [7, 11) is 1.60. The SMILES string of the molecule is COc1ccc(CNCc2c(Oc3ccc(NC(=O)c4cccn(-c5ccc(F)cc5)c4=O)cc3F)ccnc2N)cc1. The number of hydrogen-bond donors (Lipinski definition) is 3. The van der Waals surface area contributed by atoms with Crippen molar-refractivity contribution in [3.8, 4) is 22.9 Å². The molecule has 5 rings (SSSR count). The highest BCUT2D eigenvalue weighted by Crippen LogP contribution is 2.31. The van der Waals surface area contributed by atoms with Crippen molar-refractivity contribution in [2.45, 2.75) is 13.1 Å². The number of hydrogen-bond acceptors (Lipinski definition) is 7. The molecule has 4 N–H and O–H groups in total. The first-order chi connectivity index (χ1) is 20.8. The second kappa shape index (κ2) is 13.0. The minimum absolute atomic E-state index is 0.0987. The maximum Gasteiger partial charge on any atom is 0.267 e. The fourth-order valence-electron chi connectivity index (χ4n) is 4.29. The van der Waals surface area contributed by atoms with Crippen molar-refractivity contribution in [2.24, 2.45) is 0 Å². The second-order valence-corrected chi connectivity index (χ2v) is 9.40. The molecule has 2 aromatic heterocycles. The highest BCUT2D eigenvalue weighted by Gasteiger charge is 2.16. The van der Waals surface area contributed by atoms with Crippen LogP contribution in [0.15, 0.2) is 102 Å². The molecule has 0 aliphatic heterocycles. The Morgan fingerprint density at radius 1 is 0.953 bits per heavy atom. The number of carbonyl (C=O) groups excluding carboxylic acids is 1. The minimum atomic E-state index is -0.748. The number of nitrogen functional groups attached to an aromatic ring is 1. The smallest absolute Gasteiger partial charge is 0.267 e. The molecule has 43 heavy (non-hydrogen) atoms. The first-order valence-corrected chi connectivity index (χ1v) is 13.2. The zero-order chi connectivity index (χ0) is 30.3. The van der Waals surface area contributed by atoms with Crippen LogP contribution in [0, 0.1) is 11.6 Å². The van der Waals surface area contributed by atoms with E-state index in [1.807, 2.05) is 24.3 Å². The molecule has 0 bridgehead atoms. The van der Waals surface area contributed by atoms with Crippen molar-refractivity contribution >= 4 is 17.4 Å². The molecule has 0 unspecified atom stereocenters. The molecule has 5 aromatic rings. The summed E-state index contributed by atoms with van der Waals surface area (Å²) in [4.78, 5) is 30.0. The standard InChI is InChI=1S/C32H27F2N5O4/c1-42-24-11-4-20(5-12-24)18-36-19-26-28(14-15-37-30(26)35)43-29-13-8-22(17-27(29)34)38-31(40)25-3-2-16-39(32(25)41)23-9-6-21(33)7-10-23/h2-17,36H,18-19H2,1H3,(H2,35,37)(H,38,40). The van der Waals surface area contributed by atoms with Gasteiger partial charge in [0.2, 0.25) is 0 Å². The Kier molecular flexibility index (Phi) is 8.73. The van der Waals surface area contributed by atoms with Crippen LogP contribution in [-0.4, -0.2) is 22.6 Å². The van der Waals surface area contributed by atoms with Gasteiger partial charge in [0.1, 0.15) is 28.7 Å². The molecule has 3 aromatic carbocycles. The summed E-state index contributed by atoms with van der Waals surface area (Å²) in [6.07, 6.45) is 2.93. The van der Waals surface area contributed by atoms with Gasteiger partial charge in [0.25, 0.3) is 11.5 Å². The molecule has 0 aliphatic rings. The van der Waals surface area contributed by atoms with E-state index < -0.39 is 23.1 Å². The van der Waals surface area contributed by atoms with Crippen molar-refractivity contribution in [3.63, 3.8) is 0 Å². The van der Waals surface area contributed by atoms with E-state index in [1.165, 1.54) is 65.5 Å². The largest absolute Gasteiger partial charge is 0.497 e. The van der Waals surface area contributed by atoms with Gasteiger partial charge >= 0.3 is 0 Å². The predicted octanol–water partition coefficient (Wildman–Crippen LogP) is 5.44. The van der Waals surface area contributed by atoms with Gasteiger partial charge in [-0.1, -0.05) is 12.1 Å². The van der Waals surface area contributed by atoms with Crippen LogP contribution in [0.2, 0.25) is 0 Å². The summed E-state index contributed by atoms with van der Waals surface area (Å²) >= 11 is 0. The summed E-state index contributed by atoms with van der Waals surface area (Å²) in [6, 6.07) is 21.2. The summed E-state index contributed by atoms with van der Waals surface area (Å²) in [5, 5.41) is 5.81. The molecular formula is C32H27F2N5O4. The lowest BCUT2D eigenvalue weighted by molar-refractivity contribution is 0.102. The van der Waals surface area contributed by atoms with Crippen LogP contribution in [0.1, 0.15) is 21.5 Å². The van der Waals surface area contributed by atoms with Gasteiger partial charge in [-0.15, -0.1) is 0 Å². The Morgan fingerprint density at radius 3 is 2.44 bits per heavy atom. The number of aromatic nitrogens is 2. The average molecular weight is 584 g/mol. The van der Waals surface area contributed by atoms with Crippen LogP contribution in [0.5, 0.6) is 17.2 Å². The Balaban J connectivity index is 1.27. The van der Waals surface area contributed by atoms with Gasteiger partial charge in [-0.25, -0.2) is 13.8 Å². The van der Waals surface area contributed by atoms with E-state index in [0.29, 0.717) is 30.1 Å². The van der Waals surface area contributed by atoms with Crippen molar-refractivity contribution in [3.05, 3.63) is 136 Å². The number of anilines is 2. The van der Waals surface area contributed by atoms with Crippen molar-refractivity contribution < 1.29 is 23.0 Å². The fraction of sp³-hybridized carbons (Fsp3) is 0.0938. The van der Waals surface area contributed by atoms with Gasteiger partial charge in [0.05, 0.1) is 12.7 Å². The van der Waals surface area contributed by atoms with Crippen molar-refractivity contribution in [1.82, 2.24) is 14.9 Å². The summed E-state index contributed by atoms with van der Waals surface area (Å²) in [5.74, 6) is -0.727. The predicted molar refractivity (Wildman–Crippen MR) is 159 cm³/mol. The van der Waals surface area contributed by atoms with Gasteiger partial charge in [-0.3, -0.25) is 14.2 Å². The molecule has 0 saturated carbocycles. The second-order valence-electron chi connectivity index (χ2n) is 9.40. The maximum atomic E-state index is 15.1. The van der Waals surface area contributed by atoms with Gasteiger partial charge in [0, 0.05) is 42.9 Å². The normalized spacial score (nSPS) is 10.8. The number of carbonyl (C=O) groups is 1. The van der Waals surface area contributed by atoms with Crippen LogP contribution >= 0.6 is 0 Å². The van der Waals surface area contributed by atoms with Gasteiger partial charge in [-0.05, 0) is 72.3 Å². The Morgan fingerprint density at radius 2 is 1.72 bits per heavy atom. The number of amides is 1. The van der Waals surface area contributed by atoms with E-state index in [0.717, 1.165) is 17.4 Å². The lowest BCUT2D eigenvalue weighted by atomic mass is 10.2. The number of methoxy groups -OCH3 is 1. The molecule has 2 heterocycles. The maximum absolute atomic E-state index is 15.1. The number of nitrogens with zero attached hydrogens (tertiary/aromatic N) is 2. The monoisotopic (exact) mass is 583 g/mol. The molecule has 0 saturated heterocycles. The summed E-state index contributed by atoms with van der Waals surface area (Å²) in [6.45, 7) is 0.847. The van der Waals surface area contributed by atoms with E-state index in [-0.39, 0.29) is 22.8 Å². The molecule has 0 spiro atoms. The number of ether oxygens (including phenoxy) is 2. The number of halogens is 2. The van der Waals surface area contributed by atoms with Crippen molar-refractivity contribution in [1.29, 1.82) is 0 Å². The first-order valence-electron chi connectivity index (χ1n) is 13.2. The Bertz CT molecular complexity index is 1810. The highest BCUT2D eigenvalue weighted by molar-refractivity contribution is 6.04. The van der Waals surface area contributed by atoms with E-state index >= 15 is 4.39 Å². The van der Waals surface area contributed by atoms with Gasteiger partial charge in [-0.2, -0.15) is 0 Å². The van der Waals surface area contributed by atoms with Crippen LogP contribution in [0.25, 0.3) is 5.69 Å². The molecular weight excluding hydrogens is 556 g/mol. The Hall–Kier alpha value is -5.55.